The maximum atomic E-state index is 12.1. The van der Waals surface area contributed by atoms with E-state index in [1.807, 2.05) is 45.0 Å². The Bertz CT molecular complexity index is 569. The minimum atomic E-state index is -0.473. The molecule has 2 atom stereocenters. The summed E-state index contributed by atoms with van der Waals surface area (Å²) in [6.45, 7) is 6.79. The molecular formula is C16H20ClNO3. The van der Waals surface area contributed by atoms with Crippen molar-refractivity contribution in [1.29, 1.82) is 0 Å². The van der Waals surface area contributed by atoms with Gasteiger partial charge in [-0.2, -0.15) is 0 Å². The highest BCUT2D eigenvalue weighted by Crippen LogP contribution is 2.53. The number of carbonyl (C=O) groups excluding carboxylic acids is 1. The summed E-state index contributed by atoms with van der Waals surface area (Å²) >= 11 is 6.27. The van der Waals surface area contributed by atoms with Crippen LogP contribution in [0.15, 0.2) is 24.3 Å². The molecule has 114 valence electrons. The van der Waals surface area contributed by atoms with Crippen molar-refractivity contribution in [2.45, 2.75) is 44.5 Å². The highest BCUT2D eigenvalue weighted by molar-refractivity contribution is 6.31. The Morgan fingerprint density at radius 1 is 1.43 bits per heavy atom. The molecule has 2 heterocycles. The van der Waals surface area contributed by atoms with Crippen LogP contribution in [0.25, 0.3) is 0 Å². The summed E-state index contributed by atoms with van der Waals surface area (Å²) in [5, 5.41) is 0.728. The number of benzene rings is 1. The summed E-state index contributed by atoms with van der Waals surface area (Å²) < 4.78 is 11.3. The standard InChI is InChI=1S/C16H20ClNO3/c1-15(2,3)21-14(19)18-9-8-16(13(10-18)20-16)11-6-4-5-7-12(11)17/h4-7,13H,8-10H2,1-3H3/t13-,16-/m0/s1. The average molecular weight is 310 g/mol. The summed E-state index contributed by atoms with van der Waals surface area (Å²) in [6, 6.07) is 7.76. The van der Waals surface area contributed by atoms with Gasteiger partial charge in [0, 0.05) is 23.6 Å². The first-order valence-electron chi connectivity index (χ1n) is 7.23. The zero-order valence-electron chi connectivity index (χ0n) is 12.6. The fourth-order valence-electron chi connectivity index (χ4n) is 2.89. The molecule has 3 rings (SSSR count). The summed E-state index contributed by atoms with van der Waals surface area (Å²) in [5.41, 5.74) is 0.246. The quantitative estimate of drug-likeness (QED) is 0.745. The Morgan fingerprint density at radius 2 is 2.14 bits per heavy atom. The van der Waals surface area contributed by atoms with Crippen molar-refractivity contribution in [2.24, 2.45) is 0 Å². The van der Waals surface area contributed by atoms with Gasteiger partial charge >= 0.3 is 6.09 Å². The molecule has 0 N–H and O–H groups in total. The van der Waals surface area contributed by atoms with Crippen molar-refractivity contribution in [1.82, 2.24) is 4.90 Å². The highest BCUT2D eigenvalue weighted by atomic mass is 35.5. The van der Waals surface area contributed by atoms with E-state index in [-0.39, 0.29) is 17.8 Å². The van der Waals surface area contributed by atoms with E-state index in [0.29, 0.717) is 13.1 Å². The molecule has 0 radical (unpaired) electrons. The molecule has 1 aromatic rings. The molecule has 0 saturated carbocycles. The summed E-state index contributed by atoms with van der Waals surface area (Å²) in [6.07, 6.45) is 0.491. The molecule has 21 heavy (non-hydrogen) atoms. The van der Waals surface area contributed by atoms with Crippen LogP contribution < -0.4 is 0 Å². The van der Waals surface area contributed by atoms with Gasteiger partial charge in [-0.3, -0.25) is 0 Å². The molecule has 2 fully saturated rings. The van der Waals surface area contributed by atoms with E-state index in [2.05, 4.69) is 0 Å². The first-order chi connectivity index (χ1) is 9.82. The van der Waals surface area contributed by atoms with Gasteiger partial charge in [0.1, 0.15) is 17.3 Å². The van der Waals surface area contributed by atoms with Crippen LogP contribution >= 0.6 is 11.6 Å². The van der Waals surface area contributed by atoms with Crippen LogP contribution in [0, 0.1) is 0 Å². The molecule has 0 unspecified atom stereocenters. The van der Waals surface area contributed by atoms with Gasteiger partial charge in [-0.15, -0.1) is 0 Å². The SMILES string of the molecule is CC(C)(C)OC(=O)N1CC[C@@]2(c3ccccc3Cl)O[C@H]2C1. The van der Waals surface area contributed by atoms with E-state index in [0.717, 1.165) is 17.0 Å². The van der Waals surface area contributed by atoms with Crippen molar-refractivity contribution in [3.8, 4) is 0 Å². The predicted octanol–water partition coefficient (Wildman–Crippen LogP) is 3.57. The molecule has 2 saturated heterocycles. The number of hydrogen-bond acceptors (Lipinski definition) is 3. The van der Waals surface area contributed by atoms with Gasteiger partial charge < -0.3 is 14.4 Å². The Labute approximate surface area is 130 Å². The number of ether oxygens (including phenoxy) is 2. The number of fused-ring (bicyclic) bond motifs is 1. The Hall–Kier alpha value is -1.26. The smallest absolute Gasteiger partial charge is 0.410 e. The van der Waals surface area contributed by atoms with Gasteiger partial charge in [0.05, 0.1) is 6.54 Å². The zero-order valence-corrected chi connectivity index (χ0v) is 13.3. The normalized spacial score (nSPS) is 28.0. The molecule has 2 aliphatic heterocycles. The van der Waals surface area contributed by atoms with Crippen molar-refractivity contribution in [3.63, 3.8) is 0 Å². The molecule has 0 aromatic heterocycles. The second-order valence-corrected chi connectivity index (χ2v) is 7.06. The van der Waals surface area contributed by atoms with E-state index in [9.17, 15) is 4.79 Å². The molecular weight excluding hydrogens is 290 g/mol. The number of carbonyl (C=O) groups is 1. The minimum Gasteiger partial charge on any atom is -0.444 e. The number of rotatable bonds is 1. The molecule has 4 nitrogen and oxygen atoms in total. The zero-order chi connectivity index (χ0) is 15.3. The lowest BCUT2D eigenvalue weighted by Crippen LogP contribution is -2.44. The number of piperidine rings is 1. The summed E-state index contributed by atoms with van der Waals surface area (Å²) in [7, 11) is 0. The fourth-order valence-corrected chi connectivity index (χ4v) is 3.18. The Kier molecular flexibility index (Phi) is 3.41. The van der Waals surface area contributed by atoms with E-state index in [1.54, 1.807) is 4.90 Å². The van der Waals surface area contributed by atoms with Crippen molar-refractivity contribution >= 4 is 17.7 Å². The molecule has 0 bridgehead atoms. The lowest BCUT2D eigenvalue weighted by atomic mass is 9.89. The lowest BCUT2D eigenvalue weighted by Gasteiger charge is -2.31. The summed E-state index contributed by atoms with van der Waals surface area (Å²) in [5.74, 6) is 0. The number of nitrogens with zero attached hydrogens (tertiary/aromatic N) is 1. The number of likely N-dealkylation sites (tertiary alicyclic amines) is 1. The van der Waals surface area contributed by atoms with E-state index >= 15 is 0 Å². The monoisotopic (exact) mass is 309 g/mol. The van der Waals surface area contributed by atoms with Gasteiger partial charge in [-0.05, 0) is 26.8 Å². The maximum Gasteiger partial charge on any atom is 0.410 e. The molecule has 1 amide bonds. The topological polar surface area (TPSA) is 42.1 Å². The fraction of sp³-hybridized carbons (Fsp3) is 0.562. The Morgan fingerprint density at radius 3 is 2.76 bits per heavy atom. The maximum absolute atomic E-state index is 12.1. The van der Waals surface area contributed by atoms with Crippen LogP contribution in [0.3, 0.4) is 0 Å². The van der Waals surface area contributed by atoms with Crippen LogP contribution in [0.4, 0.5) is 4.79 Å². The third-order valence-corrected chi connectivity index (χ3v) is 4.27. The van der Waals surface area contributed by atoms with E-state index < -0.39 is 5.60 Å². The van der Waals surface area contributed by atoms with Gasteiger partial charge in [-0.25, -0.2) is 4.79 Å². The minimum absolute atomic E-state index is 0.0127. The average Bonchev–Trinajstić information content (AvgIpc) is 3.11. The number of halogens is 1. The molecule has 0 aliphatic carbocycles. The van der Waals surface area contributed by atoms with Gasteiger partial charge in [0.15, 0.2) is 0 Å². The van der Waals surface area contributed by atoms with E-state index in [4.69, 9.17) is 21.1 Å². The number of hydrogen-bond donors (Lipinski definition) is 0. The summed E-state index contributed by atoms with van der Waals surface area (Å²) in [4.78, 5) is 13.8. The van der Waals surface area contributed by atoms with Crippen molar-refractivity contribution < 1.29 is 14.3 Å². The van der Waals surface area contributed by atoms with Crippen LogP contribution in [0.2, 0.25) is 5.02 Å². The molecule has 0 spiro atoms. The Balaban J connectivity index is 1.69. The molecule has 2 aliphatic rings. The predicted molar refractivity (Wildman–Crippen MR) is 80.4 cm³/mol. The lowest BCUT2D eigenvalue weighted by molar-refractivity contribution is 0.0217. The van der Waals surface area contributed by atoms with Gasteiger partial charge in [-0.1, -0.05) is 29.8 Å². The van der Waals surface area contributed by atoms with Crippen LogP contribution in [-0.4, -0.2) is 35.8 Å². The molecule has 1 aromatic carbocycles. The highest BCUT2D eigenvalue weighted by Gasteiger charge is 2.61. The van der Waals surface area contributed by atoms with Gasteiger partial charge in [0.25, 0.3) is 0 Å². The first kappa shape index (κ1) is 14.7. The third kappa shape index (κ3) is 2.74. The van der Waals surface area contributed by atoms with Crippen LogP contribution in [0.1, 0.15) is 32.8 Å². The number of epoxide rings is 1. The van der Waals surface area contributed by atoms with Gasteiger partial charge in [0.2, 0.25) is 0 Å². The second kappa shape index (κ2) is 4.89. The van der Waals surface area contributed by atoms with E-state index in [1.165, 1.54) is 0 Å². The van der Waals surface area contributed by atoms with Crippen LogP contribution in [0.5, 0.6) is 0 Å². The first-order valence-corrected chi connectivity index (χ1v) is 7.60. The van der Waals surface area contributed by atoms with Crippen molar-refractivity contribution in [3.05, 3.63) is 34.9 Å². The largest absolute Gasteiger partial charge is 0.444 e. The molecule has 5 heteroatoms. The van der Waals surface area contributed by atoms with Crippen molar-refractivity contribution in [2.75, 3.05) is 13.1 Å². The third-order valence-electron chi connectivity index (χ3n) is 3.94. The second-order valence-electron chi connectivity index (χ2n) is 6.65. The number of amides is 1. The van der Waals surface area contributed by atoms with Crippen LogP contribution in [-0.2, 0) is 15.1 Å².